The summed E-state index contributed by atoms with van der Waals surface area (Å²) in [6.45, 7) is 1.99. The van der Waals surface area contributed by atoms with Crippen molar-refractivity contribution >= 4 is 0 Å². The number of benzene rings is 1. The van der Waals surface area contributed by atoms with Crippen molar-refractivity contribution < 1.29 is 9.47 Å². The normalized spacial score (nSPS) is 12.0. The van der Waals surface area contributed by atoms with Gasteiger partial charge in [-0.25, -0.2) is 5.43 Å². The number of hydrogen-bond donors (Lipinski definition) is 2. The molecule has 20 heavy (non-hydrogen) atoms. The van der Waals surface area contributed by atoms with E-state index in [-0.39, 0.29) is 6.04 Å². The first-order valence-electron chi connectivity index (χ1n) is 6.29. The Morgan fingerprint density at radius 3 is 2.60 bits per heavy atom. The zero-order valence-corrected chi connectivity index (χ0v) is 11.9. The molecule has 0 radical (unpaired) electrons. The van der Waals surface area contributed by atoms with Gasteiger partial charge in [-0.05, 0) is 24.1 Å². The van der Waals surface area contributed by atoms with Crippen LogP contribution in [0.25, 0.3) is 0 Å². The molecule has 0 bridgehead atoms. The zero-order chi connectivity index (χ0) is 14.5. The number of rotatable bonds is 5. The van der Waals surface area contributed by atoms with Crippen molar-refractivity contribution in [2.45, 2.75) is 13.0 Å². The molecule has 0 amide bonds. The van der Waals surface area contributed by atoms with Crippen LogP contribution in [0.15, 0.2) is 36.7 Å². The molecule has 1 heterocycles. The number of aryl methyl sites for hydroxylation is 1. The second-order valence-electron chi connectivity index (χ2n) is 4.48. The van der Waals surface area contributed by atoms with Gasteiger partial charge in [-0.15, -0.1) is 0 Å². The van der Waals surface area contributed by atoms with E-state index in [0.717, 1.165) is 16.7 Å². The number of hydrazine groups is 1. The van der Waals surface area contributed by atoms with Gasteiger partial charge >= 0.3 is 0 Å². The van der Waals surface area contributed by atoms with Crippen LogP contribution in [-0.2, 0) is 0 Å². The van der Waals surface area contributed by atoms with Crippen molar-refractivity contribution in [1.29, 1.82) is 0 Å². The number of nitrogens with two attached hydrogens (primary N) is 1. The van der Waals surface area contributed by atoms with Crippen LogP contribution in [0.1, 0.15) is 22.7 Å². The van der Waals surface area contributed by atoms with Crippen LogP contribution < -0.4 is 20.7 Å². The maximum atomic E-state index is 5.73. The molecule has 0 aliphatic carbocycles. The Kier molecular flexibility index (Phi) is 4.55. The van der Waals surface area contributed by atoms with E-state index < -0.39 is 0 Å². The third kappa shape index (κ3) is 2.74. The average Bonchev–Trinajstić information content (AvgIpc) is 2.47. The van der Waals surface area contributed by atoms with Gasteiger partial charge in [-0.3, -0.25) is 10.8 Å². The lowest BCUT2D eigenvalue weighted by molar-refractivity contribution is 0.349. The van der Waals surface area contributed by atoms with E-state index in [1.165, 1.54) is 0 Å². The number of methoxy groups -OCH3 is 2. The third-order valence-corrected chi connectivity index (χ3v) is 3.14. The molecule has 3 N–H and O–H groups in total. The summed E-state index contributed by atoms with van der Waals surface area (Å²) in [5.41, 5.74) is 5.76. The number of ether oxygens (including phenoxy) is 2. The quantitative estimate of drug-likeness (QED) is 0.644. The van der Waals surface area contributed by atoms with Crippen LogP contribution >= 0.6 is 0 Å². The number of nitrogens with zero attached hydrogens (tertiary/aromatic N) is 1. The molecular formula is C15H19N3O2. The smallest absolute Gasteiger partial charge is 0.165 e. The maximum absolute atomic E-state index is 5.73. The van der Waals surface area contributed by atoms with Crippen molar-refractivity contribution in [2.75, 3.05) is 14.2 Å². The van der Waals surface area contributed by atoms with E-state index in [0.29, 0.717) is 11.5 Å². The summed E-state index contributed by atoms with van der Waals surface area (Å²) < 4.78 is 10.8. The highest BCUT2D eigenvalue weighted by Crippen LogP contribution is 2.36. The molecule has 106 valence electrons. The molecule has 1 aromatic heterocycles. The first-order chi connectivity index (χ1) is 9.71. The molecule has 5 heteroatoms. The number of nitrogens with one attached hydrogen (secondary N) is 1. The summed E-state index contributed by atoms with van der Waals surface area (Å²) in [5.74, 6) is 7.07. The topological polar surface area (TPSA) is 69.4 Å². The summed E-state index contributed by atoms with van der Waals surface area (Å²) in [7, 11) is 3.23. The van der Waals surface area contributed by atoms with E-state index >= 15 is 0 Å². The molecule has 0 fully saturated rings. The van der Waals surface area contributed by atoms with E-state index in [4.69, 9.17) is 15.3 Å². The fourth-order valence-electron chi connectivity index (χ4n) is 2.24. The number of pyridine rings is 1. The predicted molar refractivity (Wildman–Crippen MR) is 77.7 cm³/mol. The number of para-hydroxylation sites is 1. The molecular weight excluding hydrogens is 254 g/mol. The Morgan fingerprint density at radius 2 is 2.00 bits per heavy atom. The van der Waals surface area contributed by atoms with E-state index in [9.17, 15) is 0 Å². The fourth-order valence-corrected chi connectivity index (χ4v) is 2.24. The molecule has 0 saturated carbocycles. The lowest BCUT2D eigenvalue weighted by Crippen LogP contribution is -2.29. The van der Waals surface area contributed by atoms with Crippen molar-refractivity contribution in [3.63, 3.8) is 0 Å². The third-order valence-electron chi connectivity index (χ3n) is 3.14. The van der Waals surface area contributed by atoms with E-state index in [1.54, 1.807) is 26.6 Å². The first kappa shape index (κ1) is 14.3. The lowest BCUT2D eigenvalue weighted by atomic mass is 9.98. The van der Waals surface area contributed by atoms with Crippen LogP contribution in [0.5, 0.6) is 11.5 Å². The minimum absolute atomic E-state index is 0.215. The molecule has 0 aliphatic heterocycles. The molecule has 1 aromatic carbocycles. The second-order valence-corrected chi connectivity index (χ2v) is 4.48. The predicted octanol–water partition coefficient (Wildman–Crippen LogP) is 1.96. The second kappa shape index (κ2) is 6.36. The minimum atomic E-state index is -0.215. The zero-order valence-electron chi connectivity index (χ0n) is 11.9. The fraction of sp³-hybridized carbons (Fsp3) is 0.267. The molecule has 0 spiro atoms. The first-order valence-corrected chi connectivity index (χ1v) is 6.29. The Hall–Kier alpha value is -2.11. The Balaban J connectivity index is 2.52. The molecule has 2 aromatic rings. The van der Waals surface area contributed by atoms with Crippen LogP contribution in [0.3, 0.4) is 0 Å². The van der Waals surface area contributed by atoms with Crippen LogP contribution in [0.4, 0.5) is 0 Å². The van der Waals surface area contributed by atoms with Crippen molar-refractivity contribution in [2.24, 2.45) is 5.84 Å². The van der Waals surface area contributed by atoms with Crippen LogP contribution in [-0.4, -0.2) is 19.2 Å². The Bertz CT molecular complexity index is 587. The van der Waals surface area contributed by atoms with Gasteiger partial charge in [-0.1, -0.05) is 18.2 Å². The van der Waals surface area contributed by atoms with Crippen molar-refractivity contribution in [3.8, 4) is 11.5 Å². The van der Waals surface area contributed by atoms with Crippen molar-refractivity contribution in [3.05, 3.63) is 53.3 Å². The van der Waals surface area contributed by atoms with E-state index in [1.807, 2.05) is 31.2 Å². The van der Waals surface area contributed by atoms with Gasteiger partial charge in [0.2, 0.25) is 0 Å². The highest BCUT2D eigenvalue weighted by Gasteiger charge is 2.20. The summed E-state index contributed by atoms with van der Waals surface area (Å²) in [6.07, 6.45) is 3.59. The monoisotopic (exact) mass is 273 g/mol. The summed E-state index contributed by atoms with van der Waals surface area (Å²) in [6, 6.07) is 7.53. The standard InChI is InChI=1S/C15H19N3O2/c1-10-7-11(9-17-8-10)14(18-16)12-5-4-6-13(19-2)15(12)20-3/h4-9,14,18H,16H2,1-3H3. The molecule has 0 saturated heterocycles. The SMILES string of the molecule is COc1cccc(C(NN)c2cncc(C)c2)c1OC. The average molecular weight is 273 g/mol. The van der Waals surface area contributed by atoms with Gasteiger partial charge < -0.3 is 9.47 Å². The Labute approximate surface area is 118 Å². The van der Waals surface area contributed by atoms with Crippen LogP contribution in [0.2, 0.25) is 0 Å². The summed E-state index contributed by atoms with van der Waals surface area (Å²) in [5, 5.41) is 0. The van der Waals surface area contributed by atoms with Gasteiger partial charge in [0.15, 0.2) is 11.5 Å². The van der Waals surface area contributed by atoms with Gasteiger partial charge in [0.25, 0.3) is 0 Å². The summed E-state index contributed by atoms with van der Waals surface area (Å²) in [4.78, 5) is 4.21. The molecule has 1 atom stereocenters. The van der Waals surface area contributed by atoms with Gasteiger partial charge in [0, 0.05) is 18.0 Å². The molecule has 0 aliphatic rings. The lowest BCUT2D eigenvalue weighted by Gasteiger charge is -2.21. The Morgan fingerprint density at radius 1 is 1.20 bits per heavy atom. The minimum Gasteiger partial charge on any atom is -0.493 e. The molecule has 1 unspecified atom stereocenters. The molecule has 5 nitrogen and oxygen atoms in total. The van der Waals surface area contributed by atoms with Crippen molar-refractivity contribution in [1.82, 2.24) is 10.4 Å². The largest absolute Gasteiger partial charge is 0.493 e. The van der Waals surface area contributed by atoms with E-state index in [2.05, 4.69) is 10.4 Å². The number of aromatic nitrogens is 1. The highest BCUT2D eigenvalue weighted by molar-refractivity contribution is 5.50. The molecule has 2 rings (SSSR count). The van der Waals surface area contributed by atoms with Gasteiger partial charge in [0.05, 0.1) is 20.3 Å². The highest BCUT2D eigenvalue weighted by atomic mass is 16.5. The number of hydrogen-bond acceptors (Lipinski definition) is 5. The van der Waals surface area contributed by atoms with Gasteiger partial charge in [0.1, 0.15) is 0 Å². The summed E-state index contributed by atoms with van der Waals surface area (Å²) >= 11 is 0. The maximum Gasteiger partial charge on any atom is 0.165 e. The van der Waals surface area contributed by atoms with Crippen LogP contribution in [0, 0.1) is 6.92 Å². The van der Waals surface area contributed by atoms with Gasteiger partial charge in [-0.2, -0.15) is 0 Å².